The first-order valence-corrected chi connectivity index (χ1v) is 6.46. The third-order valence-corrected chi connectivity index (χ3v) is 3.14. The minimum absolute atomic E-state index is 0.194. The Morgan fingerprint density at radius 2 is 2.00 bits per heavy atom. The highest BCUT2D eigenvalue weighted by atomic mass is 19.1. The van der Waals surface area contributed by atoms with Crippen molar-refractivity contribution in [3.8, 4) is 0 Å². The van der Waals surface area contributed by atoms with Crippen molar-refractivity contribution in [3.63, 3.8) is 0 Å². The Morgan fingerprint density at radius 1 is 1.25 bits per heavy atom. The van der Waals surface area contributed by atoms with Gasteiger partial charge in [-0.15, -0.1) is 0 Å². The quantitative estimate of drug-likeness (QED) is 0.862. The van der Waals surface area contributed by atoms with Gasteiger partial charge < -0.3 is 10.4 Å². The highest BCUT2D eigenvalue weighted by molar-refractivity contribution is 5.88. The van der Waals surface area contributed by atoms with Crippen molar-refractivity contribution < 1.29 is 14.3 Å². The number of anilines is 1. The number of carbonyl (C=O) groups is 1. The van der Waals surface area contributed by atoms with Crippen LogP contribution >= 0.6 is 0 Å². The molecule has 1 atom stereocenters. The molecule has 0 aliphatic heterocycles. The van der Waals surface area contributed by atoms with Gasteiger partial charge in [0.1, 0.15) is 5.82 Å². The SMILES string of the molecule is CCC(Nc1cccc(C(=O)O)c1)c1ccccc1F. The van der Waals surface area contributed by atoms with Gasteiger partial charge in [0, 0.05) is 11.3 Å². The second kappa shape index (κ2) is 6.19. The number of nitrogens with one attached hydrogen (secondary N) is 1. The molecule has 0 amide bonds. The van der Waals surface area contributed by atoms with Gasteiger partial charge in [-0.1, -0.05) is 31.2 Å². The summed E-state index contributed by atoms with van der Waals surface area (Å²) < 4.78 is 13.8. The fourth-order valence-corrected chi connectivity index (χ4v) is 2.10. The molecule has 3 nitrogen and oxygen atoms in total. The summed E-state index contributed by atoms with van der Waals surface area (Å²) in [5.74, 6) is -1.24. The molecule has 0 aromatic heterocycles. The topological polar surface area (TPSA) is 49.3 Å². The second-order valence-electron chi connectivity index (χ2n) is 4.51. The Labute approximate surface area is 117 Å². The van der Waals surface area contributed by atoms with E-state index in [1.165, 1.54) is 12.1 Å². The molecule has 0 bridgehead atoms. The Morgan fingerprint density at radius 3 is 2.65 bits per heavy atom. The van der Waals surface area contributed by atoms with Crippen LogP contribution in [0.1, 0.15) is 35.3 Å². The molecule has 0 aliphatic rings. The van der Waals surface area contributed by atoms with Gasteiger partial charge in [-0.3, -0.25) is 0 Å². The van der Waals surface area contributed by atoms with Crippen LogP contribution in [-0.4, -0.2) is 11.1 Å². The average Bonchev–Trinajstić information content (AvgIpc) is 2.46. The molecule has 20 heavy (non-hydrogen) atoms. The van der Waals surface area contributed by atoms with Gasteiger partial charge in [-0.25, -0.2) is 9.18 Å². The normalized spacial score (nSPS) is 11.9. The summed E-state index contributed by atoms with van der Waals surface area (Å²) in [4.78, 5) is 10.9. The van der Waals surface area contributed by atoms with Crippen molar-refractivity contribution in [1.29, 1.82) is 0 Å². The van der Waals surface area contributed by atoms with Crippen LogP contribution in [0.25, 0.3) is 0 Å². The van der Waals surface area contributed by atoms with E-state index in [0.29, 0.717) is 17.7 Å². The highest BCUT2D eigenvalue weighted by Crippen LogP contribution is 2.25. The second-order valence-corrected chi connectivity index (χ2v) is 4.51. The van der Waals surface area contributed by atoms with Crippen LogP contribution in [0.2, 0.25) is 0 Å². The molecule has 1 unspecified atom stereocenters. The van der Waals surface area contributed by atoms with Crippen molar-refractivity contribution in [2.24, 2.45) is 0 Å². The number of benzene rings is 2. The Hall–Kier alpha value is -2.36. The summed E-state index contributed by atoms with van der Waals surface area (Å²) >= 11 is 0. The van der Waals surface area contributed by atoms with Crippen molar-refractivity contribution >= 4 is 11.7 Å². The molecular formula is C16H16FNO2. The van der Waals surface area contributed by atoms with Crippen LogP contribution in [0.3, 0.4) is 0 Å². The zero-order valence-corrected chi connectivity index (χ0v) is 11.1. The van der Waals surface area contributed by atoms with Crippen LogP contribution in [0.4, 0.5) is 10.1 Å². The van der Waals surface area contributed by atoms with Gasteiger partial charge in [-0.2, -0.15) is 0 Å². The first-order chi connectivity index (χ1) is 9.61. The molecule has 0 saturated carbocycles. The molecule has 2 rings (SSSR count). The third kappa shape index (κ3) is 3.15. The van der Waals surface area contributed by atoms with Crippen LogP contribution in [0, 0.1) is 5.82 Å². The third-order valence-electron chi connectivity index (χ3n) is 3.14. The maximum Gasteiger partial charge on any atom is 0.335 e. The van der Waals surface area contributed by atoms with E-state index in [-0.39, 0.29) is 17.4 Å². The smallest absolute Gasteiger partial charge is 0.335 e. The Balaban J connectivity index is 2.25. The molecule has 104 valence electrons. The lowest BCUT2D eigenvalue weighted by Gasteiger charge is -2.19. The molecule has 0 heterocycles. The fourth-order valence-electron chi connectivity index (χ4n) is 2.10. The Bertz CT molecular complexity index is 613. The number of carboxylic acid groups (broad SMARTS) is 1. The summed E-state index contributed by atoms with van der Waals surface area (Å²) in [5, 5.41) is 12.2. The first kappa shape index (κ1) is 14.1. The molecule has 0 radical (unpaired) electrons. The molecule has 2 N–H and O–H groups in total. The largest absolute Gasteiger partial charge is 0.478 e. The Kier molecular flexibility index (Phi) is 4.35. The molecular weight excluding hydrogens is 257 g/mol. The van der Waals surface area contributed by atoms with Crippen LogP contribution in [0.15, 0.2) is 48.5 Å². The zero-order chi connectivity index (χ0) is 14.5. The van der Waals surface area contributed by atoms with E-state index in [2.05, 4.69) is 5.32 Å². The number of halogens is 1. The maximum absolute atomic E-state index is 13.8. The van der Waals surface area contributed by atoms with E-state index >= 15 is 0 Å². The van der Waals surface area contributed by atoms with E-state index in [9.17, 15) is 9.18 Å². The number of hydrogen-bond acceptors (Lipinski definition) is 2. The van der Waals surface area contributed by atoms with Crippen molar-refractivity contribution in [3.05, 3.63) is 65.5 Å². The first-order valence-electron chi connectivity index (χ1n) is 6.46. The van der Waals surface area contributed by atoms with Crippen molar-refractivity contribution in [2.45, 2.75) is 19.4 Å². The summed E-state index contributed by atoms with van der Waals surface area (Å²) in [5.41, 5.74) is 1.45. The molecule has 0 fully saturated rings. The van der Waals surface area contributed by atoms with Gasteiger partial charge in [0.05, 0.1) is 11.6 Å². The lowest BCUT2D eigenvalue weighted by molar-refractivity contribution is 0.0697. The van der Waals surface area contributed by atoms with E-state index in [1.807, 2.05) is 6.92 Å². The number of rotatable bonds is 5. The number of aromatic carboxylic acids is 1. The molecule has 0 saturated heterocycles. The summed E-state index contributed by atoms with van der Waals surface area (Å²) in [6, 6.07) is 12.9. The molecule has 0 aliphatic carbocycles. The fraction of sp³-hybridized carbons (Fsp3) is 0.188. The predicted octanol–water partition coefficient (Wildman–Crippen LogP) is 4.09. The van der Waals surface area contributed by atoms with Gasteiger partial charge >= 0.3 is 5.97 Å². The monoisotopic (exact) mass is 273 g/mol. The van der Waals surface area contributed by atoms with Gasteiger partial charge in [0.25, 0.3) is 0 Å². The molecule has 4 heteroatoms. The van der Waals surface area contributed by atoms with Gasteiger partial charge in [-0.05, 0) is 30.7 Å². The number of carboxylic acids is 1. The molecule has 2 aromatic carbocycles. The summed E-state index contributed by atoms with van der Waals surface area (Å²) in [6.45, 7) is 1.95. The zero-order valence-electron chi connectivity index (χ0n) is 11.1. The summed E-state index contributed by atoms with van der Waals surface area (Å²) in [6.07, 6.45) is 0.693. The standard InChI is InChI=1S/C16H16FNO2/c1-2-15(13-8-3-4-9-14(13)17)18-12-7-5-6-11(10-12)16(19)20/h3-10,15,18H,2H2,1H3,(H,19,20). The van der Waals surface area contributed by atoms with Gasteiger partial charge in [0.2, 0.25) is 0 Å². The van der Waals surface area contributed by atoms with E-state index in [1.54, 1.807) is 36.4 Å². The molecule has 0 spiro atoms. The van der Waals surface area contributed by atoms with Crippen molar-refractivity contribution in [1.82, 2.24) is 0 Å². The van der Waals surface area contributed by atoms with E-state index in [4.69, 9.17) is 5.11 Å². The average molecular weight is 273 g/mol. The van der Waals surface area contributed by atoms with E-state index < -0.39 is 5.97 Å². The van der Waals surface area contributed by atoms with Crippen LogP contribution in [-0.2, 0) is 0 Å². The summed E-state index contributed by atoms with van der Waals surface area (Å²) in [7, 11) is 0. The van der Waals surface area contributed by atoms with Crippen molar-refractivity contribution in [2.75, 3.05) is 5.32 Å². The molecule has 2 aromatic rings. The number of hydrogen-bond donors (Lipinski definition) is 2. The maximum atomic E-state index is 13.8. The minimum atomic E-state index is -0.979. The van der Waals surface area contributed by atoms with E-state index in [0.717, 1.165) is 0 Å². The van der Waals surface area contributed by atoms with Crippen LogP contribution in [0.5, 0.6) is 0 Å². The highest BCUT2D eigenvalue weighted by Gasteiger charge is 2.14. The lowest BCUT2D eigenvalue weighted by Crippen LogP contribution is -2.12. The minimum Gasteiger partial charge on any atom is -0.478 e. The predicted molar refractivity (Wildman–Crippen MR) is 76.5 cm³/mol. The van der Waals surface area contributed by atoms with Gasteiger partial charge in [0.15, 0.2) is 0 Å². The lowest BCUT2D eigenvalue weighted by atomic mass is 10.0. The van der Waals surface area contributed by atoms with Crippen LogP contribution < -0.4 is 5.32 Å².